The van der Waals surface area contributed by atoms with Crippen LogP contribution in [-0.2, 0) is 11.2 Å². The second kappa shape index (κ2) is 8.47. The number of hydrogen-bond acceptors (Lipinski definition) is 4. The molecule has 7 heteroatoms. The summed E-state index contributed by atoms with van der Waals surface area (Å²) in [5.41, 5.74) is 1.58. The molecule has 0 unspecified atom stereocenters. The smallest absolute Gasteiger partial charge is 0.427 e. The lowest BCUT2D eigenvalue weighted by atomic mass is 9.66. The second-order valence-corrected chi connectivity index (χ2v) is 7.97. The molecule has 1 fully saturated rings. The number of aryl methyl sites for hydroxylation is 1. The Balaban J connectivity index is 1.64. The Morgan fingerprint density at radius 2 is 1.71 bits per heavy atom. The van der Waals surface area contributed by atoms with Crippen LogP contribution in [0.1, 0.15) is 40.7 Å². The van der Waals surface area contributed by atoms with Crippen molar-refractivity contribution in [3.63, 3.8) is 0 Å². The van der Waals surface area contributed by atoms with Gasteiger partial charge in [-0.2, -0.15) is 0 Å². The molecule has 0 spiro atoms. The van der Waals surface area contributed by atoms with Gasteiger partial charge in [-0.05, 0) is 56.0 Å². The number of carbonyl (C=O) groups excluding carboxylic acids is 2. The number of halogens is 1. The summed E-state index contributed by atoms with van der Waals surface area (Å²) in [6.45, 7) is 1.98. The number of ketones is 1. The lowest BCUT2D eigenvalue weighted by molar-refractivity contribution is -0.122. The van der Waals surface area contributed by atoms with E-state index in [1.807, 2.05) is 31.2 Å². The molecule has 1 atom stereocenters. The molecule has 0 aliphatic heterocycles. The van der Waals surface area contributed by atoms with E-state index in [0.29, 0.717) is 29.8 Å². The van der Waals surface area contributed by atoms with Crippen LogP contribution in [0.3, 0.4) is 0 Å². The fourth-order valence-corrected chi connectivity index (χ4v) is 3.36. The molecule has 0 bridgehead atoms. The average Bonchev–Trinajstić information content (AvgIpc) is 3.44. The molecular formula is C21H23BClNO4. The third-order valence-corrected chi connectivity index (χ3v) is 5.48. The van der Waals surface area contributed by atoms with Crippen molar-refractivity contribution >= 4 is 30.4 Å². The van der Waals surface area contributed by atoms with Crippen LogP contribution < -0.4 is 5.32 Å². The fraction of sp³-hybridized carbons (Fsp3) is 0.333. The molecule has 0 saturated heterocycles. The van der Waals surface area contributed by atoms with E-state index in [-0.39, 0.29) is 18.1 Å². The quantitative estimate of drug-likeness (QED) is 0.596. The fourth-order valence-electron chi connectivity index (χ4n) is 3.23. The molecule has 2 aromatic rings. The van der Waals surface area contributed by atoms with Crippen molar-refractivity contribution in [2.75, 3.05) is 0 Å². The summed E-state index contributed by atoms with van der Waals surface area (Å²) >= 11 is 5.84. The summed E-state index contributed by atoms with van der Waals surface area (Å²) in [7, 11) is -1.60. The van der Waals surface area contributed by atoms with Gasteiger partial charge in [0, 0.05) is 22.8 Å². The molecule has 0 aromatic heterocycles. The van der Waals surface area contributed by atoms with Gasteiger partial charge in [0.1, 0.15) is 0 Å². The zero-order valence-electron chi connectivity index (χ0n) is 15.7. The lowest BCUT2D eigenvalue weighted by Gasteiger charge is -2.21. The van der Waals surface area contributed by atoms with Crippen molar-refractivity contribution in [3.05, 3.63) is 70.2 Å². The molecule has 28 heavy (non-hydrogen) atoms. The maximum absolute atomic E-state index is 12.8. The first-order valence-electron chi connectivity index (χ1n) is 9.32. The average molecular weight is 400 g/mol. The van der Waals surface area contributed by atoms with Gasteiger partial charge in [0.05, 0.1) is 5.54 Å². The number of amides is 1. The first-order chi connectivity index (χ1) is 13.3. The molecule has 5 nitrogen and oxygen atoms in total. The van der Waals surface area contributed by atoms with E-state index < -0.39 is 18.5 Å². The van der Waals surface area contributed by atoms with Crippen LogP contribution in [0.4, 0.5) is 0 Å². The number of carbonyl (C=O) groups is 2. The van der Waals surface area contributed by atoms with Gasteiger partial charge in [0.2, 0.25) is 0 Å². The topological polar surface area (TPSA) is 86.6 Å². The zero-order valence-corrected chi connectivity index (χ0v) is 16.4. The van der Waals surface area contributed by atoms with Gasteiger partial charge in [0.25, 0.3) is 5.91 Å². The van der Waals surface area contributed by atoms with Crippen LogP contribution in [0.2, 0.25) is 10.8 Å². The van der Waals surface area contributed by atoms with Crippen LogP contribution in [-0.4, -0.2) is 34.4 Å². The van der Waals surface area contributed by atoms with Crippen molar-refractivity contribution in [1.29, 1.82) is 0 Å². The minimum Gasteiger partial charge on any atom is -0.427 e. The van der Waals surface area contributed by atoms with Crippen LogP contribution in [0.5, 0.6) is 0 Å². The van der Waals surface area contributed by atoms with Crippen molar-refractivity contribution in [2.45, 2.75) is 44.0 Å². The van der Waals surface area contributed by atoms with E-state index in [9.17, 15) is 19.6 Å². The minimum absolute atomic E-state index is 0.00750. The van der Waals surface area contributed by atoms with E-state index in [1.54, 1.807) is 24.3 Å². The highest BCUT2D eigenvalue weighted by molar-refractivity contribution is 6.43. The Labute approximate surface area is 169 Å². The van der Waals surface area contributed by atoms with Crippen LogP contribution >= 0.6 is 11.6 Å². The molecule has 146 valence electrons. The summed E-state index contributed by atoms with van der Waals surface area (Å²) in [5.74, 6) is -1.12. The molecule has 0 radical (unpaired) electrons. The van der Waals surface area contributed by atoms with Gasteiger partial charge >= 0.3 is 7.12 Å². The molecule has 0 heterocycles. The molecule has 1 aliphatic rings. The largest absolute Gasteiger partial charge is 0.455 e. The highest BCUT2D eigenvalue weighted by atomic mass is 35.5. The lowest BCUT2D eigenvalue weighted by Crippen LogP contribution is -2.44. The van der Waals surface area contributed by atoms with Crippen LogP contribution in [0, 0.1) is 6.92 Å². The highest BCUT2D eigenvalue weighted by Gasteiger charge is 2.51. The van der Waals surface area contributed by atoms with E-state index in [2.05, 4.69) is 5.32 Å². The molecule has 3 rings (SSSR count). The number of hydrogen-bond donors (Lipinski definition) is 3. The summed E-state index contributed by atoms with van der Waals surface area (Å²) in [4.78, 5) is 25.3. The van der Waals surface area contributed by atoms with E-state index in [1.165, 1.54) is 0 Å². The number of Topliss-reactive ketones (excluding diaryl/α,β-unsaturated/α-hetero) is 1. The predicted octanol–water partition coefficient (Wildman–Crippen LogP) is 2.96. The Bertz CT molecular complexity index is 848. The predicted molar refractivity (Wildman–Crippen MR) is 109 cm³/mol. The van der Waals surface area contributed by atoms with Gasteiger partial charge in [-0.3, -0.25) is 9.59 Å². The maximum atomic E-state index is 12.8. The maximum Gasteiger partial charge on any atom is 0.455 e. The normalized spacial score (nSPS) is 15.6. The molecular weight excluding hydrogens is 376 g/mol. The van der Waals surface area contributed by atoms with Gasteiger partial charge in [-0.1, -0.05) is 41.4 Å². The Hall–Kier alpha value is -2.15. The monoisotopic (exact) mass is 399 g/mol. The molecule has 1 aliphatic carbocycles. The third kappa shape index (κ3) is 5.01. The second-order valence-electron chi connectivity index (χ2n) is 7.53. The Morgan fingerprint density at radius 1 is 1.11 bits per heavy atom. The Morgan fingerprint density at radius 3 is 2.25 bits per heavy atom. The number of benzene rings is 2. The highest BCUT2D eigenvalue weighted by Crippen LogP contribution is 2.39. The van der Waals surface area contributed by atoms with Crippen molar-refractivity contribution in [2.24, 2.45) is 0 Å². The molecule has 1 amide bonds. The molecule has 2 aromatic carbocycles. The summed E-state index contributed by atoms with van der Waals surface area (Å²) in [6.07, 6.45) is 1.49. The Kier molecular flexibility index (Phi) is 6.23. The van der Waals surface area contributed by atoms with Gasteiger partial charge in [0.15, 0.2) is 5.78 Å². The standard InChI is InChI=1S/C21H23BClNO4/c1-14-2-4-15(5-3-14)12-17(22(27)28)13-19(25)21(10-11-21)24-20(26)16-6-8-18(23)9-7-16/h2-9,17,27-28H,10-13H2,1H3,(H,24,26)/t17-/m1/s1. The summed E-state index contributed by atoms with van der Waals surface area (Å²) in [6, 6.07) is 14.2. The summed E-state index contributed by atoms with van der Waals surface area (Å²) < 4.78 is 0. The van der Waals surface area contributed by atoms with Crippen molar-refractivity contribution in [3.8, 4) is 0 Å². The zero-order chi connectivity index (χ0) is 20.3. The summed E-state index contributed by atoms with van der Waals surface area (Å²) in [5, 5.41) is 22.9. The molecule has 1 saturated carbocycles. The van der Waals surface area contributed by atoms with E-state index in [0.717, 1.165) is 11.1 Å². The van der Waals surface area contributed by atoms with Crippen molar-refractivity contribution < 1.29 is 19.6 Å². The van der Waals surface area contributed by atoms with Gasteiger partial charge in [-0.25, -0.2) is 0 Å². The van der Waals surface area contributed by atoms with Crippen molar-refractivity contribution in [1.82, 2.24) is 5.32 Å². The van der Waals surface area contributed by atoms with E-state index >= 15 is 0 Å². The van der Waals surface area contributed by atoms with Crippen LogP contribution in [0.15, 0.2) is 48.5 Å². The van der Waals surface area contributed by atoms with Gasteiger partial charge < -0.3 is 15.4 Å². The number of nitrogens with one attached hydrogen (secondary N) is 1. The van der Waals surface area contributed by atoms with Crippen LogP contribution in [0.25, 0.3) is 0 Å². The SMILES string of the molecule is Cc1ccc(C[C@H](CC(=O)C2(NC(=O)c3ccc(Cl)cc3)CC2)B(O)O)cc1. The van der Waals surface area contributed by atoms with Gasteiger partial charge in [-0.15, -0.1) is 0 Å². The third-order valence-electron chi connectivity index (χ3n) is 5.23. The minimum atomic E-state index is -1.60. The first kappa shape index (κ1) is 20.6. The first-order valence-corrected chi connectivity index (χ1v) is 9.70. The van der Waals surface area contributed by atoms with E-state index in [4.69, 9.17) is 11.6 Å². The number of rotatable bonds is 8. The molecule has 3 N–H and O–H groups in total.